The molecule has 0 atom stereocenters. The SMILES string of the molecule is O=S1Nc2nc3ccccc3nc2N1. The van der Waals surface area contributed by atoms with Gasteiger partial charge in [-0.25, -0.2) is 14.2 Å². The second-order valence-electron chi connectivity index (χ2n) is 2.88. The first-order valence-corrected chi connectivity index (χ1v) is 5.20. The van der Waals surface area contributed by atoms with E-state index in [1.165, 1.54) is 0 Å². The second-order valence-corrected chi connectivity index (χ2v) is 3.83. The molecular weight excluding hydrogens is 200 g/mol. The molecule has 0 aliphatic carbocycles. The van der Waals surface area contributed by atoms with Crippen molar-refractivity contribution in [2.24, 2.45) is 0 Å². The molecule has 2 N–H and O–H groups in total. The number of hydrogen-bond donors (Lipinski definition) is 2. The molecule has 0 saturated heterocycles. The van der Waals surface area contributed by atoms with Crippen molar-refractivity contribution in [2.45, 2.75) is 0 Å². The van der Waals surface area contributed by atoms with Gasteiger partial charge in [-0.3, -0.25) is 9.44 Å². The lowest BCUT2D eigenvalue weighted by Gasteiger charge is -1.98. The van der Waals surface area contributed by atoms with E-state index in [2.05, 4.69) is 19.4 Å². The minimum absolute atomic E-state index is 0.544. The van der Waals surface area contributed by atoms with Crippen molar-refractivity contribution in [2.75, 3.05) is 9.44 Å². The van der Waals surface area contributed by atoms with Crippen LogP contribution in [-0.2, 0) is 11.2 Å². The van der Waals surface area contributed by atoms with Crippen LogP contribution in [0.15, 0.2) is 24.3 Å². The predicted octanol–water partition coefficient (Wildman–Crippen LogP) is 1.05. The van der Waals surface area contributed by atoms with Crippen molar-refractivity contribution < 1.29 is 4.21 Å². The van der Waals surface area contributed by atoms with Crippen molar-refractivity contribution in [3.05, 3.63) is 24.3 Å². The van der Waals surface area contributed by atoms with Crippen LogP contribution in [0.5, 0.6) is 0 Å². The minimum atomic E-state index is -1.29. The maximum Gasteiger partial charge on any atom is 0.222 e. The summed E-state index contributed by atoms with van der Waals surface area (Å²) < 4.78 is 16.4. The monoisotopic (exact) mass is 206 g/mol. The molecule has 14 heavy (non-hydrogen) atoms. The molecule has 1 aromatic carbocycles. The Hall–Kier alpha value is -1.69. The molecule has 1 aromatic heterocycles. The van der Waals surface area contributed by atoms with Gasteiger partial charge >= 0.3 is 0 Å². The number of rotatable bonds is 0. The molecule has 70 valence electrons. The first-order chi connectivity index (χ1) is 6.83. The van der Waals surface area contributed by atoms with Crippen LogP contribution in [0, 0.1) is 0 Å². The number of nitrogens with zero attached hydrogens (tertiary/aromatic N) is 2. The molecule has 6 heteroatoms. The fraction of sp³-hybridized carbons (Fsp3) is 0. The van der Waals surface area contributed by atoms with Gasteiger partial charge in [0.2, 0.25) is 11.2 Å². The van der Waals surface area contributed by atoms with Crippen molar-refractivity contribution in [3.63, 3.8) is 0 Å². The van der Waals surface area contributed by atoms with E-state index >= 15 is 0 Å². The van der Waals surface area contributed by atoms with Crippen molar-refractivity contribution in [3.8, 4) is 0 Å². The van der Waals surface area contributed by atoms with E-state index < -0.39 is 11.2 Å². The quantitative estimate of drug-likeness (QED) is 0.677. The summed E-state index contributed by atoms with van der Waals surface area (Å²) in [5, 5.41) is 0. The van der Waals surface area contributed by atoms with Crippen LogP contribution < -0.4 is 9.44 Å². The van der Waals surface area contributed by atoms with E-state index in [9.17, 15) is 4.21 Å². The van der Waals surface area contributed by atoms with Gasteiger partial charge < -0.3 is 0 Å². The lowest BCUT2D eigenvalue weighted by Crippen LogP contribution is -2.03. The van der Waals surface area contributed by atoms with Gasteiger partial charge in [0.1, 0.15) is 0 Å². The molecular formula is C8H6N4OS. The Balaban J connectivity index is 2.31. The molecule has 0 fully saturated rings. The predicted molar refractivity (Wildman–Crippen MR) is 54.9 cm³/mol. The number of nitrogens with one attached hydrogen (secondary N) is 2. The Morgan fingerprint density at radius 1 is 1.00 bits per heavy atom. The van der Waals surface area contributed by atoms with Crippen molar-refractivity contribution >= 4 is 33.8 Å². The van der Waals surface area contributed by atoms with Gasteiger partial charge in [0.15, 0.2) is 11.6 Å². The standard InChI is InChI=1S/C8H6N4OS/c13-14-11-7-8(12-14)10-6-4-2-1-3-5(6)9-7/h1-4H,(H,9,11)(H,10,12). The normalized spacial score (nSPS) is 14.9. The lowest BCUT2D eigenvalue weighted by molar-refractivity contribution is 0.690. The topological polar surface area (TPSA) is 66.9 Å². The van der Waals surface area contributed by atoms with Gasteiger partial charge in [-0.15, -0.1) is 0 Å². The van der Waals surface area contributed by atoms with Crippen LogP contribution in [0.25, 0.3) is 11.0 Å². The lowest BCUT2D eigenvalue weighted by atomic mass is 10.3. The molecule has 3 rings (SSSR count). The summed E-state index contributed by atoms with van der Waals surface area (Å²) >= 11 is -1.29. The van der Waals surface area contributed by atoms with Crippen LogP contribution >= 0.6 is 0 Å². The molecule has 2 heterocycles. The van der Waals surface area contributed by atoms with Crippen LogP contribution in [0.3, 0.4) is 0 Å². The van der Waals surface area contributed by atoms with Crippen LogP contribution in [0.2, 0.25) is 0 Å². The van der Waals surface area contributed by atoms with E-state index in [0.29, 0.717) is 11.6 Å². The van der Waals surface area contributed by atoms with Crippen LogP contribution in [0.4, 0.5) is 11.6 Å². The highest BCUT2D eigenvalue weighted by atomic mass is 32.2. The van der Waals surface area contributed by atoms with E-state index in [-0.39, 0.29) is 0 Å². The highest BCUT2D eigenvalue weighted by Crippen LogP contribution is 2.25. The first-order valence-electron chi connectivity index (χ1n) is 4.05. The summed E-state index contributed by atoms with van der Waals surface area (Å²) in [6.45, 7) is 0. The molecule has 5 nitrogen and oxygen atoms in total. The number of para-hydroxylation sites is 2. The van der Waals surface area contributed by atoms with Crippen LogP contribution in [-0.4, -0.2) is 14.2 Å². The Bertz CT molecular complexity index is 495. The number of aromatic nitrogens is 2. The summed E-state index contributed by atoms with van der Waals surface area (Å²) in [6.07, 6.45) is 0. The Labute approximate surface area is 82.3 Å². The molecule has 2 aromatic rings. The molecule has 1 aliphatic heterocycles. The maximum atomic E-state index is 11.1. The molecule has 0 spiro atoms. The third-order valence-electron chi connectivity index (χ3n) is 1.95. The van der Waals surface area contributed by atoms with Gasteiger partial charge in [0.25, 0.3) is 0 Å². The van der Waals surface area contributed by atoms with Gasteiger partial charge in [-0.1, -0.05) is 12.1 Å². The zero-order valence-corrected chi connectivity index (χ0v) is 7.84. The van der Waals surface area contributed by atoms with Crippen molar-refractivity contribution in [1.82, 2.24) is 9.97 Å². The largest absolute Gasteiger partial charge is 0.269 e. The van der Waals surface area contributed by atoms with Gasteiger partial charge in [-0.05, 0) is 12.1 Å². The second kappa shape index (κ2) is 2.65. The molecule has 1 aliphatic rings. The van der Waals surface area contributed by atoms with Gasteiger partial charge in [-0.2, -0.15) is 0 Å². The highest BCUT2D eigenvalue weighted by Gasteiger charge is 2.18. The Morgan fingerprint density at radius 3 is 2.00 bits per heavy atom. The summed E-state index contributed by atoms with van der Waals surface area (Å²) in [5.74, 6) is 1.09. The summed E-state index contributed by atoms with van der Waals surface area (Å²) in [7, 11) is 0. The van der Waals surface area contributed by atoms with Gasteiger partial charge in [0, 0.05) is 0 Å². The summed E-state index contributed by atoms with van der Waals surface area (Å²) in [6, 6.07) is 7.52. The Kier molecular flexibility index (Phi) is 1.45. The van der Waals surface area contributed by atoms with E-state index in [1.54, 1.807) is 0 Å². The fourth-order valence-corrected chi connectivity index (χ4v) is 2.03. The van der Waals surface area contributed by atoms with E-state index in [0.717, 1.165) is 11.0 Å². The number of hydrogen-bond acceptors (Lipinski definition) is 3. The smallest absolute Gasteiger partial charge is 0.222 e. The first kappa shape index (κ1) is 7.69. The zero-order valence-electron chi connectivity index (χ0n) is 7.02. The third-order valence-corrected chi connectivity index (χ3v) is 2.71. The zero-order chi connectivity index (χ0) is 9.54. The maximum absolute atomic E-state index is 11.1. The van der Waals surface area contributed by atoms with E-state index in [1.807, 2.05) is 24.3 Å². The number of anilines is 2. The minimum Gasteiger partial charge on any atom is -0.269 e. The van der Waals surface area contributed by atoms with Crippen molar-refractivity contribution in [1.29, 1.82) is 0 Å². The fourth-order valence-electron chi connectivity index (χ4n) is 1.34. The molecule has 0 saturated carbocycles. The molecule has 0 bridgehead atoms. The summed E-state index contributed by atoms with van der Waals surface area (Å²) in [5.41, 5.74) is 1.58. The number of benzene rings is 1. The average Bonchev–Trinajstić information content (AvgIpc) is 2.53. The molecule has 0 unspecified atom stereocenters. The summed E-state index contributed by atoms with van der Waals surface area (Å²) in [4.78, 5) is 8.55. The molecule has 0 amide bonds. The van der Waals surface area contributed by atoms with Crippen LogP contribution in [0.1, 0.15) is 0 Å². The van der Waals surface area contributed by atoms with E-state index in [4.69, 9.17) is 0 Å². The highest BCUT2D eigenvalue weighted by molar-refractivity contribution is 7.88. The Morgan fingerprint density at radius 2 is 1.50 bits per heavy atom. The van der Waals surface area contributed by atoms with Gasteiger partial charge in [0.05, 0.1) is 11.0 Å². The molecule has 0 radical (unpaired) electrons. The third kappa shape index (κ3) is 1.04. The number of fused-ring (bicyclic) bond motifs is 2. The average molecular weight is 206 g/mol.